The Morgan fingerprint density at radius 3 is 2.78 bits per heavy atom. The minimum absolute atomic E-state index is 0.0162. The molecule has 0 atom stereocenters. The molecule has 0 aliphatic rings. The standard InChI is InChI=1S/C12H9BrN2O3/c1-8-4-2-3-5-11(8)18-12-10(15(16)17)6-9(13)7-14-12/h2-7H,1H3. The summed E-state index contributed by atoms with van der Waals surface area (Å²) in [5.74, 6) is 0.535. The number of pyridine rings is 1. The van der Waals surface area contributed by atoms with Crippen molar-refractivity contribution in [2.75, 3.05) is 0 Å². The lowest BCUT2D eigenvalue weighted by Crippen LogP contribution is -1.96. The number of hydrogen-bond acceptors (Lipinski definition) is 4. The minimum atomic E-state index is -0.522. The molecule has 0 saturated heterocycles. The van der Waals surface area contributed by atoms with Crippen molar-refractivity contribution < 1.29 is 9.66 Å². The summed E-state index contributed by atoms with van der Waals surface area (Å²) in [6.45, 7) is 1.86. The predicted molar refractivity (Wildman–Crippen MR) is 69.8 cm³/mol. The molecule has 0 saturated carbocycles. The van der Waals surface area contributed by atoms with Crippen LogP contribution in [0.3, 0.4) is 0 Å². The number of benzene rings is 1. The Morgan fingerprint density at radius 1 is 1.39 bits per heavy atom. The van der Waals surface area contributed by atoms with Gasteiger partial charge in [0.15, 0.2) is 0 Å². The monoisotopic (exact) mass is 308 g/mol. The molecule has 0 aliphatic carbocycles. The quantitative estimate of drug-likeness (QED) is 0.638. The highest BCUT2D eigenvalue weighted by atomic mass is 79.9. The van der Waals surface area contributed by atoms with Gasteiger partial charge >= 0.3 is 5.69 Å². The third-order valence-electron chi connectivity index (χ3n) is 2.30. The number of rotatable bonds is 3. The Labute approximate surface area is 112 Å². The summed E-state index contributed by atoms with van der Waals surface area (Å²) in [5, 5.41) is 10.9. The second kappa shape index (κ2) is 5.14. The highest BCUT2D eigenvalue weighted by Gasteiger charge is 2.18. The largest absolute Gasteiger partial charge is 0.433 e. The normalized spacial score (nSPS) is 10.1. The summed E-state index contributed by atoms with van der Waals surface area (Å²) in [6, 6.07) is 8.63. The third-order valence-corrected chi connectivity index (χ3v) is 2.73. The Bertz CT molecular complexity index is 602. The molecule has 0 radical (unpaired) electrons. The molecule has 92 valence electrons. The van der Waals surface area contributed by atoms with Crippen LogP contribution in [0.2, 0.25) is 0 Å². The maximum atomic E-state index is 10.9. The molecule has 5 nitrogen and oxygen atoms in total. The van der Waals surface area contributed by atoms with E-state index in [4.69, 9.17) is 4.74 Å². The smallest absolute Gasteiger partial charge is 0.332 e. The van der Waals surface area contributed by atoms with E-state index < -0.39 is 4.92 Å². The number of hydrogen-bond donors (Lipinski definition) is 0. The number of ether oxygens (including phenoxy) is 1. The lowest BCUT2D eigenvalue weighted by molar-refractivity contribution is -0.386. The first-order valence-corrected chi connectivity index (χ1v) is 5.90. The summed E-state index contributed by atoms with van der Waals surface area (Å²) >= 11 is 3.14. The van der Waals surface area contributed by atoms with Gasteiger partial charge in [-0.3, -0.25) is 10.1 Å². The zero-order valence-corrected chi connectivity index (χ0v) is 11.0. The van der Waals surface area contributed by atoms with Crippen LogP contribution in [0.25, 0.3) is 0 Å². The van der Waals surface area contributed by atoms with Crippen molar-refractivity contribution in [1.82, 2.24) is 4.98 Å². The van der Waals surface area contributed by atoms with Crippen molar-refractivity contribution in [3.05, 3.63) is 56.7 Å². The van der Waals surface area contributed by atoms with Crippen LogP contribution in [0.1, 0.15) is 5.56 Å². The van der Waals surface area contributed by atoms with Crippen LogP contribution in [0, 0.1) is 17.0 Å². The lowest BCUT2D eigenvalue weighted by atomic mass is 10.2. The molecular formula is C12H9BrN2O3. The van der Waals surface area contributed by atoms with Crippen LogP contribution in [0.15, 0.2) is 41.0 Å². The second-order valence-electron chi connectivity index (χ2n) is 3.60. The van der Waals surface area contributed by atoms with Crippen LogP contribution in [-0.2, 0) is 0 Å². The summed E-state index contributed by atoms with van der Waals surface area (Å²) in [7, 11) is 0. The Hall–Kier alpha value is -1.95. The highest BCUT2D eigenvalue weighted by Crippen LogP contribution is 2.32. The van der Waals surface area contributed by atoms with E-state index in [-0.39, 0.29) is 11.6 Å². The van der Waals surface area contributed by atoms with Crippen LogP contribution in [0.5, 0.6) is 11.6 Å². The van der Waals surface area contributed by atoms with E-state index >= 15 is 0 Å². The predicted octanol–water partition coefficient (Wildman–Crippen LogP) is 3.85. The maximum absolute atomic E-state index is 10.9. The van der Waals surface area contributed by atoms with Crippen molar-refractivity contribution in [3.8, 4) is 11.6 Å². The molecule has 2 aromatic rings. The van der Waals surface area contributed by atoms with E-state index in [0.717, 1.165) is 5.56 Å². The van der Waals surface area contributed by atoms with Gasteiger partial charge in [-0.25, -0.2) is 4.98 Å². The fourth-order valence-corrected chi connectivity index (χ4v) is 1.72. The van der Waals surface area contributed by atoms with Gasteiger partial charge in [-0.1, -0.05) is 18.2 Å². The number of para-hydroxylation sites is 1. The van der Waals surface area contributed by atoms with Gasteiger partial charge in [0.2, 0.25) is 0 Å². The van der Waals surface area contributed by atoms with Gasteiger partial charge in [0, 0.05) is 16.7 Å². The first-order chi connectivity index (χ1) is 8.58. The van der Waals surface area contributed by atoms with Crippen LogP contribution < -0.4 is 4.74 Å². The molecule has 2 rings (SSSR count). The third kappa shape index (κ3) is 2.65. The first-order valence-electron chi connectivity index (χ1n) is 5.11. The topological polar surface area (TPSA) is 65.3 Å². The first kappa shape index (κ1) is 12.5. The van der Waals surface area contributed by atoms with Gasteiger partial charge in [0.25, 0.3) is 5.88 Å². The van der Waals surface area contributed by atoms with Gasteiger partial charge in [-0.15, -0.1) is 0 Å². The lowest BCUT2D eigenvalue weighted by Gasteiger charge is -2.07. The number of nitrogens with zero attached hydrogens (tertiary/aromatic N) is 2. The number of aromatic nitrogens is 1. The van der Waals surface area contributed by atoms with Gasteiger partial charge in [-0.05, 0) is 34.5 Å². The fourth-order valence-electron chi connectivity index (χ4n) is 1.40. The average molecular weight is 309 g/mol. The SMILES string of the molecule is Cc1ccccc1Oc1ncc(Br)cc1[N+](=O)[O-]. The Balaban J connectivity index is 2.41. The van der Waals surface area contributed by atoms with Gasteiger partial charge < -0.3 is 4.74 Å². The molecule has 0 bridgehead atoms. The molecule has 18 heavy (non-hydrogen) atoms. The molecule has 6 heteroatoms. The van der Waals surface area contributed by atoms with Crippen molar-refractivity contribution in [2.24, 2.45) is 0 Å². The van der Waals surface area contributed by atoms with E-state index in [1.807, 2.05) is 19.1 Å². The van der Waals surface area contributed by atoms with E-state index in [2.05, 4.69) is 20.9 Å². The van der Waals surface area contributed by atoms with Crippen molar-refractivity contribution in [3.63, 3.8) is 0 Å². The molecule has 0 aliphatic heterocycles. The van der Waals surface area contributed by atoms with Crippen molar-refractivity contribution >= 4 is 21.6 Å². The van der Waals surface area contributed by atoms with E-state index in [0.29, 0.717) is 10.2 Å². The fraction of sp³-hybridized carbons (Fsp3) is 0.0833. The van der Waals surface area contributed by atoms with Crippen LogP contribution >= 0.6 is 15.9 Å². The van der Waals surface area contributed by atoms with E-state index in [1.165, 1.54) is 12.3 Å². The maximum Gasteiger partial charge on any atom is 0.332 e. The molecule has 0 spiro atoms. The summed E-state index contributed by atoms with van der Waals surface area (Å²) in [6.07, 6.45) is 1.46. The average Bonchev–Trinajstić information content (AvgIpc) is 2.34. The number of halogens is 1. The summed E-state index contributed by atoms with van der Waals surface area (Å²) in [5.41, 5.74) is 0.712. The zero-order chi connectivity index (χ0) is 13.1. The minimum Gasteiger partial charge on any atom is -0.433 e. The van der Waals surface area contributed by atoms with Crippen LogP contribution in [-0.4, -0.2) is 9.91 Å². The molecule has 0 fully saturated rings. The van der Waals surface area contributed by atoms with Crippen LogP contribution in [0.4, 0.5) is 5.69 Å². The molecule has 0 unspecified atom stereocenters. The summed E-state index contributed by atoms with van der Waals surface area (Å²) < 4.78 is 6.02. The van der Waals surface area contributed by atoms with E-state index in [1.54, 1.807) is 12.1 Å². The molecule has 1 aromatic heterocycles. The highest BCUT2D eigenvalue weighted by molar-refractivity contribution is 9.10. The molecule has 1 heterocycles. The van der Waals surface area contributed by atoms with Gasteiger partial charge in [-0.2, -0.15) is 0 Å². The molecule has 0 N–H and O–H groups in total. The second-order valence-corrected chi connectivity index (χ2v) is 4.52. The Morgan fingerprint density at radius 2 is 2.11 bits per heavy atom. The molecule has 0 amide bonds. The van der Waals surface area contributed by atoms with Gasteiger partial charge in [0.05, 0.1) is 4.92 Å². The van der Waals surface area contributed by atoms with E-state index in [9.17, 15) is 10.1 Å². The van der Waals surface area contributed by atoms with Gasteiger partial charge in [0.1, 0.15) is 5.75 Å². The molecular weight excluding hydrogens is 300 g/mol. The Kier molecular flexibility index (Phi) is 3.57. The zero-order valence-electron chi connectivity index (χ0n) is 9.46. The number of nitro groups is 1. The molecule has 1 aromatic carbocycles. The summed E-state index contributed by atoms with van der Waals surface area (Å²) in [4.78, 5) is 14.3. The van der Waals surface area contributed by atoms with Crippen molar-refractivity contribution in [1.29, 1.82) is 0 Å². The number of aryl methyl sites for hydroxylation is 1. The van der Waals surface area contributed by atoms with Crippen molar-refractivity contribution in [2.45, 2.75) is 6.92 Å².